The number of carbonyl (C=O) groups excluding carboxylic acids is 1. The van der Waals surface area contributed by atoms with Crippen LogP contribution in [0.5, 0.6) is 5.75 Å². The minimum absolute atomic E-state index is 0.148. The molecule has 0 atom stereocenters. The number of ether oxygens (including phenoxy) is 1. The number of rotatable bonds is 4. The molecule has 1 aliphatic rings. The minimum Gasteiger partial charge on any atom is -0.489 e. The summed E-state index contributed by atoms with van der Waals surface area (Å²) < 4.78 is 5.71. The Labute approximate surface area is 131 Å². The Bertz CT molecular complexity index is 601. The molecule has 1 fully saturated rings. The van der Waals surface area contributed by atoms with Crippen molar-refractivity contribution < 1.29 is 9.53 Å². The van der Waals surface area contributed by atoms with Gasteiger partial charge in [-0.25, -0.2) is 0 Å². The Balaban J connectivity index is 1.59. The van der Waals surface area contributed by atoms with Gasteiger partial charge in [0.1, 0.15) is 12.4 Å². The van der Waals surface area contributed by atoms with Crippen LogP contribution < -0.4 is 4.74 Å². The summed E-state index contributed by atoms with van der Waals surface area (Å²) in [7, 11) is 0. The van der Waals surface area contributed by atoms with Crippen molar-refractivity contribution in [1.29, 1.82) is 0 Å². The average Bonchev–Trinajstić information content (AvgIpc) is 2.61. The third-order valence-electron chi connectivity index (χ3n) is 3.99. The van der Waals surface area contributed by atoms with Gasteiger partial charge in [-0.1, -0.05) is 30.3 Å². The predicted molar refractivity (Wildman–Crippen MR) is 87.0 cm³/mol. The topological polar surface area (TPSA) is 29.5 Å². The summed E-state index contributed by atoms with van der Waals surface area (Å²) in [6, 6.07) is 17.5. The van der Waals surface area contributed by atoms with Crippen LogP contribution in [0.4, 0.5) is 0 Å². The zero-order valence-electron chi connectivity index (χ0n) is 12.7. The molecule has 2 aromatic carbocycles. The molecule has 1 aliphatic heterocycles. The SMILES string of the molecule is O=C(c1ccc(COc2ccccc2)cc1)N1CCCCC1. The molecule has 0 radical (unpaired) electrons. The fraction of sp³-hybridized carbons (Fsp3) is 0.316. The minimum atomic E-state index is 0.148. The van der Waals surface area contributed by atoms with Gasteiger partial charge in [-0.05, 0) is 49.1 Å². The molecule has 1 saturated heterocycles. The standard InChI is InChI=1S/C19H21NO2/c21-19(20-13-5-2-6-14-20)17-11-9-16(10-12-17)15-22-18-7-3-1-4-8-18/h1,3-4,7-12H,2,5-6,13-15H2. The van der Waals surface area contributed by atoms with Gasteiger partial charge in [-0.2, -0.15) is 0 Å². The molecule has 2 aromatic rings. The Morgan fingerprint density at radius 3 is 2.27 bits per heavy atom. The highest BCUT2D eigenvalue weighted by molar-refractivity contribution is 5.94. The molecule has 0 N–H and O–H groups in total. The number of benzene rings is 2. The van der Waals surface area contributed by atoms with Gasteiger partial charge in [0.2, 0.25) is 0 Å². The fourth-order valence-electron chi connectivity index (χ4n) is 2.71. The summed E-state index contributed by atoms with van der Waals surface area (Å²) in [4.78, 5) is 14.3. The van der Waals surface area contributed by atoms with E-state index in [9.17, 15) is 4.79 Å². The lowest BCUT2D eigenvalue weighted by atomic mass is 10.1. The van der Waals surface area contributed by atoms with Crippen LogP contribution >= 0.6 is 0 Å². The molecule has 0 aliphatic carbocycles. The first-order chi connectivity index (χ1) is 10.8. The Morgan fingerprint density at radius 2 is 1.59 bits per heavy atom. The fourth-order valence-corrected chi connectivity index (χ4v) is 2.71. The van der Waals surface area contributed by atoms with Crippen molar-refractivity contribution in [3.63, 3.8) is 0 Å². The number of nitrogens with zero attached hydrogens (tertiary/aromatic N) is 1. The van der Waals surface area contributed by atoms with Crippen LogP contribution in [-0.4, -0.2) is 23.9 Å². The Hall–Kier alpha value is -2.29. The zero-order valence-corrected chi connectivity index (χ0v) is 12.7. The number of carbonyl (C=O) groups is 1. The van der Waals surface area contributed by atoms with Crippen molar-refractivity contribution >= 4 is 5.91 Å². The quantitative estimate of drug-likeness (QED) is 0.856. The third kappa shape index (κ3) is 3.67. The number of hydrogen-bond acceptors (Lipinski definition) is 2. The molecular formula is C19H21NO2. The first kappa shape index (κ1) is 14.6. The van der Waals surface area contributed by atoms with Crippen LogP contribution in [0.1, 0.15) is 35.2 Å². The second-order valence-electron chi connectivity index (χ2n) is 5.65. The van der Waals surface area contributed by atoms with E-state index in [2.05, 4.69) is 0 Å². The van der Waals surface area contributed by atoms with Gasteiger partial charge in [0.25, 0.3) is 5.91 Å². The van der Waals surface area contributed by atoms with Gasteiger partial charge in [0, 0.05) is 18.7 Å². The molecule has 3 rings (SSSR count). The lowest BCUT2D eigenvalue weighted by Gasteiger charge is -2.26. The van der Waals surface area contributed by atoms with E-state index in [-0.39, 0.29) is 5.91 Å². The molecule has 0 bridgehead atoms. The number of hydrogen-bond donors (Lipinski definition) is 0. The van der Waals surface area contributed by atoms with Crippen molar-refractivity contribution in [3.8, 4) is 5.75 Å². The smallest absolute Gasteiger partial charge is 0.253 e. The van der Waals surface area contributed by atoms with E-state index in [0.29, 0.717) is 6.61 Å². The van der Waals surface area contributed by atoms with Crippen LogP contribution in [0.15, 0.2) is 54.6 Å². The van der Waals surface area contributed by atoms with Crippen LogP contribution in [0, 0.1) is 0 Å². The molecule has 0 saturated carbocycles. The van der Waals surface area contributed by atoms with E-state index in [1.165, 1.54) is 6.42 Å². The average molecular weight is 295 g/mol. The molecular weight excluding hydrogens is 274 g/mol. The van der Waals surface area contributed by atoms with E-state index in [4.69, 9.17) is 4.74 Å². The Kier molecular flexibility index (Phi) is 4.74. The highest BCUT2D eigenvalue weighted by Crippen LogP contribution is 2.15. The number of amides is 1. The molecule has 1 amide bonds. The summed E-state index contributed by atoms with van der Waals surface area (Å²) in [6.07, 6.45) is 3.48. The second-order valence-corrected chi connectivity index (χ2v) is 5.65. The van der Waals surface area contributed by atoms with Gasteiger partial charge < -0.3 is 9.64 Å². The lowest BCUT2D eigenvalue weighted by molar-refractivity contribution is 0.0724. The van der Waals surface area contributed by atoms with E-state index in [1.807, 2.05) is 59.5 Å². The van der Waals surface area contributed by atoms with Crippen molar-refractivity contribution in [1.82, 2.24) is 4.90 Å². The third-order valence-corrected chi connectivity index (χ3v) is 3.99. The van der Waals surface area contributed by atoms with Gasteiger partial charge >= 0.3 is 0 Å². The van der Waals surface area contributed by atoms with Crippen molar-refractivity contribution in [2.45, 2.75) is 25.9 Å². The van der Waals surface area contributed by atoms with E-state index >= 15 is 0 Å². The molecule has 1 heterocycles. The van der Waals surface area contributed by atoms with E-state index in [1.54, 1.807) is 0 Å². The second kappa shape index (κ2) is 7.12. The van der Waals surface area contributed by atoms with Crippen LogP contribution in [0.3, 0.4) is 0 Å². The van der Waals surface area contributed by atoms with Crippen molar-refractivity contribution in [3.05, 3.63) is 65.7 Å². The molecule has 3 nitrogen and oxygen atoms in total. The first-order valence-corrected chi connectivity index (χ1v) is 7.89. The number of likely N-dealkylation sites (tertiary alicyclic amines) is 1. The monoisotopic (exact) mass is 295 g/mol. The summed E-state index contributed by atoms with van der Waals surface area (Å²) in [5.74, 6) is 1.01. The lowest BCUT2D eigenvalue weighted by Crippen LogP contribution is -2.35. The maximum absolute atomic E-state index is 12.4. The van der Waals surface area contributed by atoms with E-state index in [0.717, 1.165) is 42.8 Å². The number of piperidine rings is 1. The van der Waals surface area contributed by atoms with Gasteiger partial charge in [-0.15, -0.1) is 0 Å². The molecule has 3 heteroatoms. The molecule has 114 valence electrons. The molecule has 22 heavy (non-hydrogen) atoms. The summed E-state index contributed by atoms with van der Waals surface area (Å²) in [6.45, 7) is 2.29. The zero-order chi connectivity index (χ0) is 15.2. The van der Waals surface area contributed by atoms with Crippen LogP contribution in [0.25, 0.3) is 0 Å². The maximum Gasteiger partial charge on any atom is 0.253 e. The molecule has 0 aromatic heterocycles. The molecule has 0 unspecified atom stereocenters. The normalized spacial score (nSPS) is 14.6. The highest BCUT2D eigenvalue weighted by Gasteiger charge is 2.17. The summed E-state index contributed by atoms with van der Waals surface area (Å²) in [5.41, 5.74) is 1.84. The number of para-hydroxylation sites is 1. The van der Waals surface area contributed by atoms with Gasteiger partial charge in [-0.3, -0.25) is 4.79 Å². The first-order valence-electron chi connectivity index (χ1n) is 7.89. The summed E-state index contributed by atoms with van der Waals surface area (Å²) in [5, 5.41) is 0. The van der Waals surface area contributed by atoms with Gasteiger partial charge in [0.15, 0.2) is 0 Å². The van der Waals surface area contributed by atoms with Crippen molar-refractivity contribution in [2.75, 3.05) is 13.1 Å². The Morgan fingerprint density at radius 1 is 0.909 bits per heavy atom. The van der Waals surface area contributed by atoms with Crippen LogP contribution in [0.2, 0.25) is 0 Å². The summed E-state index contributed by atoms with van der Waals surface area (Å²) >= 11 is 0. The van der Waals surface area contributed by atoms with Gasteiger partial charge in [0.05, 0.1) is 0 Å². The highest BCUT2D eigenvalue weighted by atomic mass is 16.5. The maximum atomic E-state index is 12.4. The van der Waals surface area contributed by atoms with E-state index < -0.39 is 0 Å². The van der Waals surface area contributed by atoms with Crippen molar-refractivity contribution in [2.24, 2.45) is 0 Å². The molecule has 0 spiro atoms. The largest absolute Gasteiger partial charge is 0.489 e. The van der Waals surface area contributed by atoms with Crippen LogP contribution in [-0.2, 0) is 6.61 Å². The predicted octanol–water partition coefficient (Wildman–Crippen LogP) is 3.89.